The summed E-state index contributed by atoms with van der Waals surface area (Å²) in [5.41, 5.74) is 2.21. The number of aryl methyl sites for hydroxylation is 1. The lowest BCUT2D eigenvalue weighted by molar-refractivity contribution is 0.540. The van der Waals surface area contributed by atoms with Gasteiger partial charge in [-0.25, -0.2) is 9.97 Å². The largest absolute Gasteiger partial charge is 0.441 e. The van der Waals surface area contributed by atoms with E-state index in [9.17, 15) is 4.79 Å². The van der Waals surface area contributed by atoms with Crippen molar-refractivity contribution in [2.24, 2.45) is 0 Å². The molecular weight excluding hydrogens is 406 g/mol. The Kier molecular flexibility index (Phi) is 5.56. The van der Waals surface area contributed by atoms with Crippen LogP contribution in [-0.4, -0.2) is 14.5 Å². The van der Waals surface area contributed by atoms with E-state index in [2.05, 4.69) is 16.5 Å². The van der Waals surface area contributed by atoms with Gasteiger partial charge < -0.3 is 4.42 Å². The zero-order valence-corrected chi connectivity index (χ0v) is 17.3. The Labute approximate surface area is 177 Å². The Balaban J connectivity index is 1.68. The highest BCUT2D eigenvalue weighted by molar-refractivity contribution is 7.98. The molecule has 0 radical (unpaired) electrons. The molecule has 0 fully saturated rings. The fraction of sp³-hybridized carbons (Fsp3) is 0.136. The second kappa shape index (κ2) is 8.27. The monoisotopic (exact) mass is 423 g/mol. The summed E-state index contributed by atoms with van der Waals surface area (Å²) in [6, 6.07) is 14.9. The number of fused-ring (bicyclic) bond motifs is 1. The maximum atomic E-state index is 12.9. The van der Waals surface area contributed by atoms with Gasteiger partial charge in [0.1, 0.15) is 5.76 Å². The number of thioether (sulfide) groups is 1. The molecule has 0 saturated carbocycles. The summed E-state index contributed by atoms with van der Waals surface area (Å²) < 4.78 is 7.44. The Morgan fingerprint density at radius 3 is 2.76 bits per heavy atom. The van der Waals surface area contributed by atoms with Crippen molar-refractivity contribution in [1.82, 2.24) is 14.5 Å². The summed E-state index contributed by atoms with van der Waals surface area (Å²) in [6.45, 7) is 6.02. The zero-order valence-electron chi connectivity index (χ0n) is 15.8. The van der Waals surface area contributed by atoms with E-state index in [0.717, 1.165) is 17.0 Å². The first-order valence-corrected chi connectivity index (χ1v) is 10.4. The van der Waals surface area contributed by atoms with Crippen molar-refractivity contribution >= 4 is 34.3 Å². The predicted molar refractivity (Wildman–Crippen MR) is 117 cm³/mol. The van der Waals surface area contributed by atoms with Gasteiger partial charge in [-0.05, 0) is 37.3 Å². The van der Waals surface area contributed by atoms with E-state index in [-0.39, 0.29) is 5.56 Å². The highest BCUT2D eigenvalue weighted by Gasteiger charge is 2.15. The first kappa shape index (κ1) is 19.5. The molecule has 0 aliphatic rings. The molecule has 146 valence electrons. The number of rotatable bonds is 6. The summed E-state index contributed by atoms with van der Waals surface area (Å²) in [4.78, 5) is 22.2. The van der Waals surface area contributed by atoms with Crippen LogP contribution < -0.4 is 5.56 Å². The third-order valence-corrected chi connectivity index (χ3v) is 5.67. The minimum absolute atomic E-state index is 0.115. The molecule has 2 aromatic heterocycles. The number of oxazole rings is 1. The molecule has 0 aliphatic carbocycles. The molecule has 29 heavy (non-hydrogen) atoms. The minimum Gasteiger partial charge on any atom is -0.441 e. The lowest BCUT2D eigenvalue weighted by Crippen LogP contribution is -2.22. The molecule has 0 unspecified atom stereocenters. The molecule has 4 rings (SSSR count). The smallest absolute Gasteiger partial charge is 0.262 e. The molecule has 7 heteroatoms. The summed E-state index contributed by atoms with van der Waals surface area (Å²) in [5.74, 6) is 1.86. The predicted octanol–water partition coefficient (Wildman–Crippen LogP) is 5.49. The fourth-order valence-corrected chi connectivity index (χ4v) is 4.15. The maximum absolute atomic E-state index is 12.9. The van der Waals surface area contributed by atoms with Crippen LogP contribution in [-0.2, 0) is 12.3 Å². The average molecular weight is 424 g/mol. The van der Waals surface area contributed by atoms with Crippen LogP contribution in [0.15, 0.2) is 75.6 Å². The summed E-state index contributed by atoms with van der Waals surface area (Å²) in [5, 5.41) is 1.67. The number of benzene rings is 2. The molecule has 0 spiro atoms. The Morgan fingerprint density at radius 2 is 2.00 bits per heavy atom. The van der Waals surface area contributed by atoms with Gasteiger partial charge in [0, 0.05) is 22.9 Å². The average Bonchev–Trinajstić information content (AvgIpc) is 3.10. The summed E-state index contributed by atoms with van der Waals surface area (Å²) in [7, 11) is 0. The van der Waals surface area contributed by atoms with Gasteiger partial charge in [-0.15, -0.1) is 6.58 Å². The number of nitrogens with zero attached hydrogens (tertiary/aromatic N) is 3. The van der Waals surface area contributed by atoms with Crippen molar-refractivity contribution in [1.29, 1.82) is 0 Å². The van der Waals surface area contributed by atoms with E-state index >= 15 is 0 Å². The van der Waals surface area contributed by atoms with Crippen LogP contribution in [0.1, 0.15) is 11.5 Å². The molecule has 0 N–H and O–H groups in total. The molecule has 5 nitrogen and oxygen atoms in total. The molecule has 4 aromatic rings. The van der Waals surface area contributed by atoms with Crippen LogP contribution in [0.4, 0.5) is 0 Å². The molecule has 0 amide bonds. The van der Waals surface area contributed by atoms with Crippen LogP contribution >= 0.6 is 23.4 Å². The van der Waals surface area contributed by atoms with Gasteiger partial charge >= 0.3 is 0 Å². The highest BCUT2D eigenvalue weighted by Crippen LogP contribution is 2.27. The van der Waals surface area contributed by atoms with E-state index in [1.54, 1.807) is 28.8 Å². The summed E-state index contributed by atoms with van der Waals surface area (Å²) >= 11 is 7.52. The topological polar surface area (TPSA) is 60.9 Å². The number of hydrogen-bond acceptors (Lipinski definition) is 5. The van der Waals surface area contributed by atoms with Crippen LogP contribution in [0.5, 0.6) is 0 Å². The van der Waals surface area contributed by atoms with E-state index in [4.69, 9.17) is 16.0 Å². The standard InChI is InChI=1S/C22H18ClN3O2S/c1-3-11-26-21(27)17-10-9-16(23)12-18(17)25-22(26)29-13-19-14(2)28-20(24-19)15-7-5-4-6-8-15/h3-10,12H,1,11,13H2,2H3. The van der Waals surface area contributed by atoms with Crippen molar-refractivity contribution in [3.05, 3.63) is 88.0 Å². The SMILES string of the molecule is C=CCn1c(SCc2nc(-c3ccccc3)oc2C)nc2cc(Cl)ccc2c1=O. The fourth-order valence-electron chi connectivity index (χ4n) is 2.97. The van der Waals surface area contributed by atoms with Gasteiger partial charge in [-0.1, -0.05) is 47.6 Å². The Morgan fingerprint density at radius 1 is 1.21 bits per heavy atom. The quantitative estimate of drug-likeness (QED) is 0.233. The van der Waals surface area contributed by atoms with Crippen molar-refractivity contribution in [2.45, 2.75) is 24.4 Å². The highest BCUT2D eigenvalue weighted by atomic mass is 35.5. The molecule has 0 atom stereocenters. The van der Waals surface area contributed by atoms with Gasteiger partial charge in [-0.2, -0.15) is 0 Å². The minimum atomic E-state index is -0.115. The molecule has 2 aromatic carbocycles. The first-order valence-electron chi connectivity index (χ1n) is 9.02. The Hall–Kier alpha value is -2.83. The van der Waals surface area contributed by atoms with E-state index < -0.39 is 0 Å². The molecular formula is C22H18ClN3O2S. The lowest BCUT2D eigenvalue weighted by atomic mass is 10.2. The molecule has 0 bridgehead atoms. The second-order valence-electron chi connectivity index (χ2n) is 6.44. The van der Waals surface area contributed by atoms with Crippen LogP contribution in [0, 0.1) is 6.92 Å². The van der Waals surface area contributed by atoms with E-state index in [1.165, 1.54) is 11.8 Å². The number of halogens is 1. The van der Waals surface area contributed by atoms with Gasteiger partial charge in [0.05, 0.1) is 16.6 Å². The number of allylic oxidation sites excluding steroid dienone is 1. The lowest BCUT2D eigenvalue weighted by Gasteiger charge is -2.11. The number of aromatic nitrogens is 3. The third kappa shape index (κ3) is 3.99. The van der Waals surface area contributed by atoms with Crippen molar-refractivity contribution in [3.8, 4) is 11.5 Å². The second-order valence-corrected chi connectivity index (χ2v) is 7.82. The molecule has 0 aliphatic heterocycles. The van der Waals surface area contributed by atoms with E-state index in [1.807, 2.05) is 37.3 Å². The summed E-state index contributed by atoms with van der Waals surface area (Å²) in [6.07, 6.45) is 1.68. The van der Waals surface area contributed by atoms with Gasteiger partial charge in [0.2, 0.25) is 5.89 Å². The van der Waals surface area contributed by atoms with Gasteiger partial charge in [0.25, 0.3) is 5.56 Å². The van der Waals surface area contributed by atoms with Crippen molar-refractivity contribution in [3.63, 3.8) is 0 Å². The Bertz CT molecular complexity index is 1250. The van der Waals surface area contributed by atoms with Crippen molar-refractivity contribution in [2.75, 3.05) is 0 Å². The first-order chi connectivity index (χ1) is 14.1. The third-order valence-electron chi connectivity index (χ3n) is 4.45. The van der Waals surface area contributed by atoms with Gasteiger partial charge in [0.15, 0.2) is 5.16 Å². The molecule has 2 heterocycles. The van der Waals surface area contributed by atoms with Crippen LogP contribution in [0.25, 0.3) is 22.4 Å². The van der Waals surface area contributed by atoms with Crippen LogP contribution in [0.2, 0.25) is 5.02 Å². The normalized spacial score (nSPS) is 11.1. The van der Waals surface area contributed by atoms with Crippen LogP contribution in [0.3, 0.4) is 0 Å². The van der Waals surface area contributed by atoms with E-state index in [0.29, 0.717) is 39.3 Å². The zero-order chi connectivity index (χ0) is 20.4. The maximum Gasteiger partial charge on any atom is 0.262 e. The van der Waals surface area contributed by atoms with Crippen molar-refractivity contribution < 1.29 is 4.42 Å². The number of hydrogen-bond donors (Lipinski definition) is 0. The van der Waals surface area contributed by atoms with Gasteiger partial charge in [-0.3, -0.25) is 9.36 Å². The molecule has 0 saturated heterocycles.